The summed E-state index contributed by atoms with van der Waals surface area (Å²) in [5.41, 5.74) is 8.90. The van der Waals surface area contributed by atoms with E-state index >= 15 is 0 Å². The normalized spacial score (nSPS) is 16.2. The molecule has 3 nitrogen and oxygen atoms in total. The van der Waals surface area contributed by atoms with E-state index in [4.69, 9.17) is 9.31 Å². The number of fused-ring (bicyclic) bond motifs is 1. The summed E-state index contributed by atoms with van der Waals surface area (Å²) >= 11 is 0. The molecule has 0 saturated carbocycles. The fraction of sp³-hybridized carbons (Fsp3) is 0.333. The number of benzene rings is 5. The lowest BCUT2D eigenvalue weighted by Crippen LogP contribution is -2.41. The van der Waals surface area contributed by atoms with Gasteiger partial charge in [0, 0.05) is 17.1 Å². The highest BCUT2D eigenvalue weighted by Crippen LogP contribution is 2.40. The first-order valence-electron chi connectivity index (χ1n) is 16.5. The smallest absolute Gasteiger partial charge is 0.399 e. The summed E-state index contributed by atoms with van der Waals surface area (Å²) in [7, 11) is -0.408. The van der Waals surface area contributed by atoms with E-state index in [1.54, 1.807) is 0 Å². The second kappa shape index (κ2) is 11.4. The minimum absolute atomic E-state index is 0.0973. The molecule has 5 aromatic carbocycles. The number of nitrogens with zero attached hydrogens (tertiary/aromatic N) is 1. The molecule has 0 N–H and O–H groups in total. The summed E-state index contributed by atoms with van der Waals surface area (Å²) in [5.74, 6) is 0. The molecule has 4 heteroatoms. The van der Waals surface area contributed by atoms with Gasteiger partial charge in [0.1, 0.15) is 0 Å². The Hall–Kier alpha value is -3.86. The fourth-order valence-electron chi connectivity index (χ4n) is 6.21. The Balaban J connectivity index is 1.39. The molecule has 6 rings (SSSR count). The Morgan fingerprint density at radius 3 is 1.35 bits per heavy atom. The van der Waals surface area contributed by atoms with Crippen molar-refractivity contribution in [1.82, 2.24) is 0 Å². The first kappa shape index (κ1) is 32.1. The van der Waals surface area contributed by atoms with Crippen LogP contribution in [0.3, 0.4) is 0 Å². The molecular formula is C42H48BNO2. The first-order valence-corrected chi connectivity index (χ1v) is 16.5. The maximum absolute atomic E-state index is 6.45. The van der Waals surface area contributed by atoms with Gasteiger partial charge in [0.2, 0.25) is 0 Å². The van der Waals surface area contributed by atoms with Crippen LogP contribution in [0, 0.1) is 0 Å². The van der Waals surface area contributed by atoms with Gasteiger partial charge >= 0.3 is 7.12 Å². The highest BCUT2D eigenvalue weighted by Gasteiger charge is 2.52. The molecule has 1 heterocycles. The maximum atomic E-state index is 6.45. The first-order chi connectivity index (χ1) is 21.5. The Labute approximate surface area is 276 Å². The van der Waals surface area contributed by atoms with Crippen molar-refractivity contribution >= 4 is 40.4 Å². The summed E-state index contributed by atoms with van der Waals surface area (Å²) in [4.78, 5) is 2.35. The predicted molar refractivity (Wildman–Crippen MR) is 197 cm³/mol. The van der Waals surface area contributed by atoms with Crippen LogP contribution in [0.2, 0.25) is 0 Å². The van der Waals surface area contributed by atoms with Crippen LogP contribution in [0.1, 0.15) is 80.4 Å². The highest BCUT2D eigenvalue weighted by molar-refractivity contribution is 6.65. The van der Waals surface area contributed by atoms with Crippen molar-refractivity contribution in [3.8, 4) is 11.1 Å². The molecule has 0 amide bonds. The second-order valence-electron chi connectivity index (χ2n) is 15.8. The van der Waals surface area contributed by atoms with Gasteiger partial charge in [-0.2, -0.15) is 0 Å². The lowest BCUT2D eigenvalue weighted by Gasteiger charge is -2.32. The van der Waals surface area contributed by atoms with Gasteiger partial charge in [0.15, 0.2) is 0 Å². The minimum Gasteiger partial charge on any atom is -0.399 e. The molecule has 1 saturated heterocycles. The number of hydrogen-bond donors (Lipinski definition) is 0. The van der Waals surface area contributed by atoms with Gasteiger partial charge in [-0.15, -0.1) is 0 Å². The molecule has 0 aromatic heterocycles. The zero-order valence-electron chi connectivity index (χ0n) is 29.2. The molecular weight excluding hydrogens is 561 g/mol. The molecule has 1 aliphatic rings. The molecule has 236 valence electrons. The molecule has 0 aliphatic carbocycles. The standard InChI is InChI=1S/C42H48BNO2/c1-39(2,3)30-17-23-33(24-18-30)44(34-25-19-31(20-26-34)40(4,5)6)32-21-15-29(16-22-32)35-27-28-38(37-14-12-11-13-36(35)37)43-45-41(7,8)42(9,10)46-43/h11-28H,1-10H3. The van der Waals surface area contributed by atoms with E-state index in [0.717, 1.165) is 27.9 Å². The molecule has 1 aliphatic heterocycles. The number of anilines is 3. The van der Waals surface area contributed by atoms with E-state index in [1.165, 1.54) is 27.6 Å². The molecule has 0 unspecified atom stereocenters. The number of hydrogen-bond acceptors (Lipinski definition) is 3. The van der Waals surface area contributed by atoms with Gasteiger partial charge < -0.3 is 14.2 Å². The average molecular weight is 610 g/mol. The predicted octanol–water partition coefficient (Wildman–Crippen LogP) is 10.9. The second-order valence-corrected chi connectivity index (χ2v) is 15.8. The fourth-order valence-corrected chi connectivity index (χ4v) is 6.21. The van der Waals surface area contributed by atoms with Crippen molar-refractivity contribution in [2.45, 2.75) is 91.3 Å². The van der Waals surface area contributed by atoms with Crippen LogP contribution < -0.4 is 10.4 Å². The van der Waals surface area contributed by atoms with Crippen molar-refractivity contribution in [1.29, 1.82) is 0 Å². The third-order valence-electron chi connectivity index (χ3n) is 9.88. The van der Waals surface area contributed by atoms with Crippen LogP contribution in [-0.4, -0.2) is 18.3 Å². The van der Waals surface area contributed by atoms with Gasteiger partial charge in [0.25, 0.3) is 0 Å². The van der Waals surface area contributed by atoms with E-state index in [9.17, 15) is 0 Å². The Morgan fingerprint density at radius 2 is 0.913 bits per heavy atom. The van der Waals surface area contributed by atoms with Crippen LogP contribution in [0.25, 0.3) is 21.9 Å². The monoisotopic (exact) mass is 609 g/mol. The lowest BCUT2D eigenvalue weighted by atomic mass is 9.75. The van der Waals surface area contributed by atoms with E-state index in [2.05, 4.69) is 183 Å². The van der Waals surface area contributed by atoms with Gasteiger partial charge in [-0.3, -0.25) is 0 Å². The lowest BCUT2D eigenvalue weighted by molar-refractivity contribution is 0.00578. The van der Waals surface area contributed by atoms with Crippen molar-refractivity contribution < 1.29 is 9.31 Å². The zero-order chi connectivity index (χ0) is 33.1. The van der Waals surface area contributed by atoms with Crippen molar-refractivity contribution in [3.63, 3.8) is 0 Å². The topological polar surface area (TPSA) is 21.7 Å². The Kier molecular flexibility index (Phi) is 7.98. The van der Waals surface area contributed by atoms with Gasteiger partial charge in [-0.1, -0.05) is 114 Å². The molecule has 5 aromatic rings. The summed E-state index contributed by atoms with van der Waals surface area (Å²) in [6, 6.07) is 39.9. The third-order valence-corrected chi connectivity index (χ3v) is 9.88. The van der Waals surface area contributed by atoms with Crippen LogP contribution in [-0.2, 0) is 20.1 Å². The van der Waals surface area contributed by atoms with Gasteiger partial charge in [-0.05, 0) is 113 Å². The van der Waals surface area contributed by atoms with Crippen molar-refractivity contribution in [2.75, 3.05) is 4.90 Å². The van der Waals surface area contributed by atoms with Crippen LogP contribution in [0.5, 0.6) is 0 Å². The highest BCUT2D eigenvalue weighted by atomic mass is 16.7. The molecule has 1 fully saturated rings. The summed E-state index contributed by atoms with van der Waals surface area (Å²) in [6.45, 7) is 22.0. The van der Waals surface area contributed by atoms with E-state index in [-0.39, 0.29) is 22.0 Å². The van der Waals surface area contributed by atoms with Gasteiger partial charge in [0.05, 0.1) is 11.2 Å². The summed E-state index contributed by atoms with van der Waals surface area (Å²) in [5, 5.41) is 2.34. The molecule has 0 bridgehead atoms. The quantitative estimate of drug-likeness (QED) is 0.185. The number of rotatable bonds is 5. The van der Waals surface area contributed by atoms with Crippen LogP contribution in [0.4, 0.5) is 17.1 Å². The molecule has 0 radical (unpaired) electrons. The van der Waals surface area contributed by atoms with Gasteiger partial charge in [-0.25, -0.2) is 0 Å². The summed E-state index contributed by atoms with van der Waals surface area (Å²) in [6.07, 6.45) is 0. The molecule has 0 atom stereocenters. The molecule has 0 spiro atoms. The minimum atomic E-state index is -0.408. The van der Waals surface area contributed by atoms with Crippen molar-refractivity contribution in [3.05, 3.63) is 120 Å². The Morgan fingerprint density at radius 1 is 0.500 bits per heavy atom. The van der Waals surface area contributed by atoms with Crippen molar-refractivity contribution in [2.24, 2.45) is 0 Å². The largest absolute Gasteiger partial charge is 0.495 e. The third kappa shape index (κ3) is 6.01. The SMILES string of the molecule is CC(C)(C)c1ccc(N(c2ccc(-c3ccc(B4OC(C)(C)C(C)(C)O4)c4ccccc34)cc2)c2ccc(C(C)(C)C)cc2)cc1. The van der Waals surface area contributed by atoms with E-state index < -0.39 is 7.12 Å². The molecule has 46 heavy (non-hydrogen) atoms. The van der Waals surface area contributed by atoms with Crippen LogP contribution in [0.15, 0.2) is 109 Å². The summed E-state index contributed by atoms with van der Waals surface area (Å²) < 4.78 is 12.9. The average Bonchev–Trinajstić information content (AvgIpc) is 3.22. The zero-order valence-corrected chi connectivity index (χ0v) is 29.2. The maximum Gasteiger partial charge on any atom is 0.495 e. The van der Waals surface area contributed by atoms with Crippen LogP contribution >= 0.6 is 0 Å². The van der Waals surface area contributed by atoms with E-state index in [0.29, 0.717) is 0 Å². The van der Waals surface area contributed by atoms with E-state index in [1.807, 2.05) is 0 Å². The Bertz CT molecular complexity index is 1770.